The first-order valence-corrected chi connectivity index (χ1v) is 9.60. The van der Waals surface area contributed by atoms with E-state index in [2.05, 4.69) is 30.8 Å². The number of pyridine rings is 2. The molecule has 0 fully saturated rings. The fourth-order valence-electron chi connectivity index (χ4n) is 3.44. The summed E-state index contributed by atoms with van der Waals surface area (Å²) >= 11 is 0. The molecule has 0 aliphatic carbocycles. The van der Waals surface area contributed by atoms with Gasteiger partial charge in [0.05, 0.1) is 11.3 Å². The lowest BCUT2D eigenvalue weighted by molar-refractivity contribution is 0.102. The zero-order chi connectivity index (χ0) is 21.4. The number of hydrogen-bond donors (Lipinski definition) is 3. The molecule has 5 aromatic rings. The molecule has 0 saturated carbocycles. The minimum absolute atomic E-state index is 0.278. The van der Waals surface area contributed by atoms with Crippen molar-refractivity contribution >= 4 is 44.8 Å². The molecule has 0 radical (unpaired) electrons. The molecule has 0 saturated heterocycles. The quantitative estimate of drug-likeness (QED) is 0.388. The molecular weight excluding hydrogens is 395 g/mol. The van der Waals surface area contributed by atoms with Crippen molar-refractivity contribution in [1.29, 1.82) is 0 Å². The Morgan fingerprint density at radius 3 is 2.61 bits per heavy atom. The highest BCUT2D eigenvalue weighted by molar-refractivity contribution is 6.11. The van der Waals surface area contributed by atoms with Gasteiger partial charge in [0.15, 0.2) is 5.65 Å². The molecule has 0 aliphatic heterocycles. The Kier molecular flexibility index (Phi) is 4.51. The van der Waals surface area contributed by atoms with Crippen molar-refractivity contribution < 1.29 is 9.18 Å². The van der Waals surface area contributed by atoms with E-state index in [9.17, 15) is 9.18 Å². The number of H-pyrrole nitrogens is 1. The van der Waals surface area contributed by atoms with Gasteiger partial charge in [0, 0.05) is 51.8 Å². The van der Waals surface area contributed by atoms with E-state index in [1.165, 1.54) is 18.3 Å². The van der Waals surface area contributed by atoms with Crippen LogP contribution in [0.1, 0.15) is 16.1 Å². The van der Waals surface area contributed by atoms with Crippen LogP contribution in [0, 0.1) is 12.7 Å². The molecule has 5 rings (SSSR count). The lowest BCUT2D eigenvalue weighted by Gasteiger charge is -2.14. The predicted octanol–water partition coefficient (Wildman–Crippen LogP) is 4.95. The molecular formula is C23H17FN6O. The summed E-state index contributed by atoms with van der Waals surface area (Å²) in [6.07, 6.45) is 4.88. The molecule has 2 aromatic carbocycles. The normalized spacial score (nSPS) is 11.0. The van der Waals surface area contributed by atoms with Gasteiger partial charge in [0.1, 0.15) is 5.82 Å². The van der Waals surface area contributed by atoms with Crippen LogP contribution in [0.4, 0.5) is 21.5 Å². The predicted molar refractivity (Wildman–Crippen MR) is 118 cm³/mol. The van der Waals surface area contributed by atoms with Crippen LogP contribution in [0.25, 0.3) is 21.8 Å². The van der Waals surface area contributed by atoms with E-state index >= 15 is 0 Å². The Bertz CT molecular complexity index is 1430. The highest BCUT2D eigenvalue weighted by Gasteiger charge is 2.13. The van der Waals surface area contributed by atoms with Crippen molar-refractivity contribution in [1.82, 2.24) is 20.2 Å². The van der Waals surface area contributed by atoms with Gasteiger partial charge in [-0.05, 0) is 55.5 Å². The Morgan fingerprint density at radius 2 is 1.77 bits per heavy atom. The smallest absolute Gasteiger partial charge is 0.257 e. The minimum atomic E-state index is -0.295. The third-order valence-corrected chi connectivity index (χ3v) is 5.05. The van der Waals surface area contributed by atoms with Crippen LogP contribution in [0.5, 0.6) is 0 Å². The summed E-state index contributed by atoms with van der Waals surface area (Å²) < 4.78 is 13.2. The summed E-state index contributed by atoms with van der Waals surface area (Å²) in [6.45, 7) is 1.88. The molecule has 0 unspecified atom stereocenters. The number of nitrogens with zero attached hydrogens (tertiary/aromatic N) is 3. The van der Waals surface area contributed by atoms with Gasteiger partial charge in [0.2, 0.25) is 0 Å². The van der Waals surface area contributed by atoms with Gasteiger partial charge in [-0.25, -0.2) is 9.37 Å². The Morgan fingerprint density at radius 1 is 0.968 bits per heavy atom. The second-order valence-corrected chi connectivity index (χ2v) is 7.11. The van der Waals surface area contributed by atoms with Gasteiger partial charge >= 0.3 is 0 Å². The average Bonchev–Trinajstić information content (AvgIpc) is 3.17. The van der Waals surface area contributed by atoms with Gasteiger partial charge < -0.3 is 10.6 Å². The molecule has 0 bridgehead atoms. The number of aromatic amines is 1. The number of nitrogens with one attached hydrogen (secondary N) is 3. The highest BCUT2D eigenvalue weighted by Crippen LogP contribution is 2.31. The van der Waals surface area contributed by atoms with E-state index in [-0.39, 0.29) is 11.7 Å². The van der Waals surface area contributed by atoms with Gasteiger partial charge in [-0.15, -0.1) is 0 Å². The summed E-state index contributed by atoms with van der Waals surface area (Å²) in [6, 6.07) is 13.4. The summed E-state index contributed by atoms with van der Waals surface area (Å²) in [5.41, 5.74) is 4.05. The average molecular weight is 412 g/mol. The lowest BCUT2D eigenvalue weighted by Crippen LogP contribution is -2.12. The van der Waals surface area contributed by atoms with Gasteiger partial charge in [-0.2, -0.15) is 5.10 Å². The lowest BCUT2D eigenvalue weighted by atomic mass is 10.1. The van der Waals surface area contributed by atoms with Crippen molar-refractivity contribution in [2.45, 2.75) is 6.92 Å². The molecule has 7 nitrogen and oxygen atoms in total. The second kappa shape index (κ2) is 7.49. The molecule has 0 spiro atoms. The van der Waals surface area contributed by atoms with E-state index in [0.717, 1.165) is 33.2 Å². The zero-order valence-electron chi connectivity index (χ0n) is 16.5. The number of halogens is 1. The van der Waals surface area contributed by atoms with Crippen LogP contribution >= 0.6 is 0 Å². The first-order valence-electron chi connectivity index (χ1n) is 9.60. The molecule has 1 amide bonds. The van der Waals surface area contributed by atoms with Crippen molar-refractivity contribution in [2.75, 3.05) is 10.6 Å². The van der Waals surface area contributed by atoms with E-state index < -0.39 is 0 Å². The van der Waals surface area contributed by atoms with Gasteiger partial charge in [-0.1, -0.05) is 0 Å². The molecule has 3 N–H and O–H groups in total. The van der Waals surface area contributed by atoms with Crippen LogP contribution in [0.15, 0.2) is 67.1 Å². The second-order valence-electron chi connectivity index (χ2n) is 7.11. The number of amides is 1. The Balaban J connectivity index is 1.47. The number of rotatable bonds is 4. The summed E-state index contributed by atoms with van der Waals surface area (Å²) in [4.78, 5) is 21.3. The first kappa shape index (κ1) is 18.7. The van der Waals surface area contributed by atoms with Gasteiger partial charge in [0.25, 0.3) is 5.91 Å². The first-order chi connectivity index (χ1) is 15.1. The van der Waals surface area contributed by atoms with Crippen molar-refractivity contribution in [3.05, 3.63) is 84.2 Å². The van der Waals surface area contributed by atoms with Crippen LogP contribution in [-0.2, 0) is 0 Å². The third-order valence-electron chi connectivity index (χ3n) is 5.05. The van der Waals surface area contributed by atoms with Crippen molar-refractivity contribution in [3.63, 3.8) is 0 Å². The summed E-state index contributed by atoms with van der Waals surface area (Å²) in [7, 11) is 0. The molecule has 0 aliphatic rings. The van der Waals surface area contributed by atoms with Crippen LogP contribution < -0.4 is 10.6 Å². The number of aryl methyl sites for hydroxylation is 1. The van der Waals surface area contributed by atoms with Crippen molar-refractivity contribution in [3.8, 4) is 0 Å². The van der Waals surface area contributed by atoms with E-state index in [1.807, 2.05) is 25.1 Å². The van der Waals surface area contributed by atoms with Crippen LogP contribution in [0.3, 0.4) is 0 Å². The van der Waals surface area contributed by atoms with Crippen LogP contribution in [0.2, 0.25) is 0 Å². The fourth-order valence-corrected chi connectivity index (χ4v) is 3.44. The number of hydrogen-bond acceptors (Lipinski definition) is 5. The van der Waals surface area contributed by atoms with Crippen molar-refractivity contribution in [2.24, 2.45) is 0 Å². The fraction of sp³-hybridized carbons (Fsp3) is 0.0435. The number of benzene rings is 2. The number of anilines is 3. The standard InChI is InChI=1S/C23H17FN6O/c1-13-18-10-14(11-26-22(18)30-29-13)23(31)28-21-7-6-20(17-8-9-25-12-19(17)21)27-16-4-2-15(24)3-5-16/h2-12,27H,1H3,(H,28,31)(H,26,29,30). The minimum Gasteiger partial charge on any atom is -0.355 e. The zero-order valence-corrected chi connectivity index (χ0v) is 16.5. The van der Waals surface area contributed by atoms with E-state index in [4.69, 9.17) is 0 Å². The van der Waals surface area contributed by atoms with E-state index in [0.29, 0.717) is 16.9 Å². The summed E-state index contributed by atoms with van der Waals surface area (Å²) in [5, 5.41) is 15.6. The van der Waals surface area contributed by atoms with Crippen LogP contribution in [-0.4, -0.2) is 26.1 Å². The summed E-state index contributed by atoms with van der Waals surface area (Å²) in [5.74, 6) is -0.574. The maximum absolute atomic E-state index is 13.2. The molecule has 0 atom stereocenters. The number of carbonyl (C=O) groups excluding carboxylic acids is 1. The highest BCUT2D eigenvalue weighted by atomic mass is 19.1. The number of aromatic nitrogens is 4. The number of fused-ring (bicyclic) bond motifs is 2. The number of carbonyl (C=O) groups is 1. The topological polar surface area (TPSA) is 95.6 Å². The molecule has 152 valence electrons. The maximum atomic E-state index is 13.2. The third kappa shape index (κ3) is 3.55. The Hall–Kier alpha value is -4.33. The maximum Gasteiger partial charge on any atom is 0.257 e. The van der Waals surface area contributed by atoms with E-state index in [1.54, 1.807) is 30.6 Å². The SMILES string of the molecule is Cc1[nH]nc2ncc(C(=O)Nc3ccc(Nc4ccc(F)cc4)c4ccncc34)cc12. The molecule has 8 heteroatoms. The van der Waals surface area contributed by atoms with Gasteiger partial charge in [-0.3, -0.25) is 14.9 Å². The monoisotopic (exact) mass is 412 g/mol. The molecule has 3 aromatic heterocycles. The molecule has 31 heavy (non-hydrogen) atoms. The Labute approximate surface area is 176 Å². The largest absolute Gasteiger partial charge is 0.355 e. The molecule has 3 heterocycles.